The first kappa shape index (κ1) is 12.3. The van der Waals surface area contributed by atoms with Crippen molar-refractivity contribution in [3.63, 3.8) is 0 Å². The van der Waals surface area contributed by atoms with Crippen LogP contribution in [0.1, 0.15) is 12.1 Å². The molecule has 0 radical (unpaired) electrons. The molecule has 0 spiro atoms. The molecule has 0 fully saturated rings. The van der Waals surface area contributed by atoms with Gasteiger partial charge in [-0.25, -0.2) is 4.98 Å². The predicted molar refractivity (Wildman–Crippen MR) is 79.2 cm³/mol. The van der Waals surface area contributed by atoms with Gasteiger partial charge in [0, 0.05) is 35.6 Å². The Balaban J connectivity index is 1.97. The van der Waals surface area contributed by atoms with Crippen LogP contribution in [0, 0.1) is 5.95 Å². The molecule has 1 aromatic carbocycles. The molecule has 104 valence electrons. The smallest absolute Gasteiger partial charge is 0.213 e. The zero-order valence-corrected chi connectivity index (χ0v) is 11.5. The second-order valence-corrected chi connectivity index (χ2v) is 5.23. The highest BCUT2D eigenvalue weighted by Gasteiger charge is 2.23. The lowest BCUT2D eigenvalue weighted by molar-refractivity contribution is 0.584. The van der Waals surface area contributed by atoms with E-state index in [0.717, 1.165) is 41.8 Å². The van der Waals surface area contributed by atoms with E-state index in [-0.39, 0.29) is 0 Å². The van der Waals surface area contributed by atoms with Crippen LogP contribution < -0.4 is 0 Å². The molecular weight excluding hydrogens is 265 g/mol. The van der Waals surface area contributed by atoms with Crippen molar-refractivity contribution in [1.29, 1.82) is 0 Å². The maximum Gasteiger partial charge on any atom is 0.213 e. The van der Waals surface area contributed by atoms with Crippen LogP contribution in [0.25, 0.3) is 22.4 Å². The third-order valence-corrected chi connectivity index (χ3v) is 3.90. The normalized spacial score (nSPS) is 13.4. The number of hydrogen-bond donors (Lipinski definition) is 0. The Morgan fingerprint density at radius 3 is 2.71 bits per heavy atom. The molecule has 2 aromatic heterocycles. The van der Waals surface area contributed by atoms with Gasteiger partial charge < -0.3 is 0 Å². The van der Waals surface area contributed by atoms with Crippen molar-refractivity contribution >= 4 is 0 Å². The van der Waals surface area contributed by atoms with Gasteiger partial charge >= 0.3 is 0 Å². The second-order valence-electron chi connectivity index (χ2n) is 5.23. The topological polar surface area (TPSA) is 30.7 Å². The maximum absolute atomic E-state index is 13.5. The second kappa shape index (κ2) is 4.81. The van der Waals surface area contributed by atoms with Gasteiger partial charge in [0.15, 0.2) is 0 Å². The molecule has 1 aliphatic heterocycles. The van der Waals surface area contributed by atoms with Gasteiger partial charge in [0.05, 0.1) is 0 Å². The summed E-state index contributed by atoms with van der Waals surface area (Å²) in [6, 6.07) is 13.4. The lowest BCUT2D eigenvalue weighted by atomic mass is 9.98. The molecule has 1 aliphatic rings. The van der Waals surface area contributed by atoms with E-state index in [9.17, 15) is 4.39 Å². The van der Waals surface area contributed by atoms with Crippen LogP contribution in [-0.4, -0.2) is 14.8 Å². The molecule has 21 heavy (non-hydrogen) atoms. The van der Waals surface area contributed by atoms with E-state index in [1.54, 1.807) is 0 Å². The average molecular weight is 279 g/mol. The molecule has 4 heteroatoms. The Hall–Kier alpha value is -2.49. The van der Waals surface area contributed by atoms with Gasteiger partial charge in [-0.1, -0.05) is 30.3 Å². The Kier molecular flexibility index (Phi) is 2.81. The molecule has 0 aliphatic carbocycles. The molecule has 0 N–H and O–H groups in total. The van der Waals surface area contributed by atoms with Gasteiger partial charge in [-0.3, -0.25) is 4.68 Å². The Morgan fingerprint density at radius 2 is 1.90 bits per heavy atom. The van der Waals surface area contributed by atoms with Crippen LogP contribution >= 0.6 is 0 Å². The zero-order chi connectivity index (χ0) is 14.2. The number of benzene rings is 1. The van der Waals surface area contributed by atoms with Crippen LogP contribution in [0.3, 0.4) is 0 Å². The van der Waals surface area contributed by atoms with Crippen molar-refractivity contribution in [2.75, 3.05) is 0 Å². The number of hydrogen-bond acceptors (Lipinski definition) is 2. The van der Waals surface area contributed by atoms with Gasteiger partial charge in [-0.05, 0) is 24.5 Å². The monoisotopic (exact) mass is 279 g/mol. The molecule has 0 saturated carbocycles. The summed E-state index contributed by atoms with van der Waals surface area (Å²) in [6.45, 7) is 0.933. The van der Waals surface area contributed by atoms with Crippen LogP contribution in [0.2, 0.25) is 0 Å². The molecule has 0 bridgehead atoms. The minimum absolute atomic E-state index is 0.454. The van der Waals surface area contributed by atoms with Crippen molar-refractivity contribution in [3.8, 4) is 22.4 Å². The maximum atomic E-state index is 13.5. The highest BCUT2D eigenvalue weighted by Crippen LogP contribution is 2.37. The molecule has 0 saturated heterocycles. The van der Waals surface area contributed by atoms with Crippen LogP contribution in [0.5, 0.6) is 0 Å². The summed E-state index contributed by atoms with van der Waals surface area (Å²) in [6.07, 6.45) is 3.59. The Labute approximate surface area is 122 Å². The van der Waals surface area contributed by atoms with Crippen molar-refractivity contribution in [2.24, 2.45) is 0 Å². The number of rotatable bonds is 2. The zero-order valence-electron chi connectivity index (χ0n) is 11.5. The van der Waals surface area contributed by atoms with Gasteiger partial charge in [0.1, 0.15) is 5.69 Å². The number of halogens is 1. The van der Waals surface area contributed by atoms with E-state index in [1.807, 2.05) is 36.4 Å². The molecule has 0 atom stereocenters. The van der Waals surface area contributed by atoms with Crippen molar-refractivity contribution in [1.82, 2.24) is 14.8 Å². The van der Waals surface area contributed by atoms with E-state index in [4.69, 9.17) is 5.10 Å². The first-order valence-corrected chi connectivity index (χ1v) is 7.10. The highest BCUT2D eigenvalue weighted by atomic mass is 19.1. The molecule has 3 nitrogen and oxygen atoms in total. The SMILES string of the molecule is Fc1cc(-c2c(-c3ccccc3)nn3c2CCC3)ccn1. The number of fused-ring (bicyclic) bond motifs is 1. The average Bonchev–Trinajstić information content (AvgIpc) is 3.08. The summed E-state index contributed by atoms with van der Waals surface area (Å²) in [7, 11) is 0. The fourth-order valence-corrected chi connectivity index (χ4v) is 2.99. The first-order valence-electron chi connectivity index (χ1n) is 7.10. The number of pyridine rings is 1. The number of aromatic nitrogens is 3. The molecule has 0 amide bonds. The quantitative estimate of drug-likeness (QED) is 0.670. The number of nitrogens with zero attached hydrogens (tertiary/aromatic N) is 3. The van der Waals surface area contributed by atoms with Crippen molar-refractivity contribution in [3.05, 3.63) is 60.3 Å². The van der Waals surface area contributed by atoms with Gasteiger partial charge in [-0.15, -0.1) is 0 Å². The fourth-order valence-electron chi connectivity index (χ4n) is 2.99. The first-order chi connectivity index (χ1) is 10.3. The van der Waals surface area contributed by atoms with Gasteiger partial charge in [0.25, 0.3) is 0 Å². The molecule has 3 heterocycles. The third kappa shape index (κ3) is 2.03. The van der Waals surface area contributed by atoms with Crippen LogP contribution in [0.15, 0.2) is 48.7 Å². The van der Waals surface area contributed by atoms with Crippen molar-refractivity contribution < 1.29 is 4.39 Å². The summed E-state index contributed by atoms with van der Waals surface area (Å²) < 4.78 is 15.6. The van der Waals surface area contributed by atoms with E-state index >= 15 is 0 Å². The van der Waals surface area contributed by atoms with Crippen LogP contribution in [0.4, 0.5) is 4.39 Å². The minimum atomic E-state index is -0.454. The number of aryl methyl sites for hydroxylation is 1. The minimum Gasteiger partial charge on any atom is -0.268 e. The molecular formula is C17H14FN3. The molecule has 0 unspecified atom stereocenters. The van der Waals surface area contributed by atoms with E-state index in [0.29, 0.717) is 0 Å². The molecule has 4 rings (SSSR count). The molecule has 3 aromatic rings. The van der Waals surface area contributed by atoms with E-state index < -0.39 is 5.95 Å². The standard InChI is InChI=1S/C17H14FN3/c18-15-11-13(8-9-19-15)16-14-7-4-10-21(14)20-17(16)12-5-2-1-3-6-12/h1-3,5-6,8-9,11H,4,7,10H2. The fraction of sp³-hybridized carbons (Fsp3) is 0.176. The summed E-state index contributed by atoms with van der Waals surface area (Å²) in [4.78, 5) is 3.65. The van der Waals surface area contributed by atoms with Crippen molar-refractivity contribution in [2.45, 2.75) is 19.4 Å². The summed E-state index contributed by atoms with van der Waals surface area (Å²) in [5, 5.41) is 4.74. The summed E-state index contributed by atoms with van der Waals surface area (Å²) >= 11 is 0. The Morgan fingerprint density at radius 1 is 1.05 bits per heavy atom. The highest BCUT2D eigenvalue weighted by molar-refractivity contribution is 5.82. The van der Waals surface area contributed by atoms with E-state index in [1.165, 1.54) is 18.0 Å². The van der Waals surface area contributed by atoms with Crippen LogP contribution in [-0.2, 0) is 13.0 Å². The lowest BCUT2D eigenvalue weighted by Gasteiger charge is -2.05. The summed E-state index contributed by atoms with van der Waals surface area (Å²) in [5.41, 5.74) is 5.08. The van der Waals surface area contributed by atoms with E-state index in [2.05, 4.69) is 9.67 Å². The lowest BCUT2D eigenvalue weighted by Crippen LogP contribution is -1.94. The Bertz CT molecular complexity index is 793. The van der Waals surface area contributed by atoms with Gasteiger partial charge in [0.2, 0.25) is 5.95 Å². The third-order valence-electron chi connectivity index (χ3n) is 3.90. The predicted octanol–water partition coefficient (Wildman–Crippen LogP) is 3.70. The largest absolute Gasteiger partial charge is 0.268 e. The summed E-state index contributed by atoms with van der Waals surface area (Å²) in [5.74, 6) is -0.454. The van der Waals surface area contributed by atoms with Gasteiger partial charge in [-0.2, -0.15) is 9.49 Å².